The first kappa shape index (κ1) is 15.8. The number of aryl methyl sites for hydroxylation is 1. The van der Waals surface area contributed by atoms with E-state index in [1.54, 1.807) is 0 Å². The Morgan fingerprint density at radius 2 is 1.68 bits per heavy atom. The van der Waals surface area contributed by atoms with Crippen LogP contribution in [0.2, 0.25) is 0 Å². The van der Waals surface area contributed by atoms with Crippen molar-refractivity contribution in [3.05, 3.63) is 71.8 Å². The number of methoxy groups -OCH3 is 1. The minimum Gasteiger partial charge on any atom is -0.475 e. The monoisotopic (exact) mass is 297 g/mol. The van der Waals surface area contributed by atoms with Gasteiger partial charge in [-0.25, -0.2) is 9.79 Å². The van der Waals surface area contributed by atoms with Crippen LogP contribution in [-0.2, 0) is 14.3 Å². The average Bonchev–Trinajstić information content (AvgIpc) is 3.06. The van der Waals surface area contributed by atoms with Gasteiger partial charge in [-0.3, -0.25) is 0 Å². The van der Waals surface area contributed by atoms with E-state index in [9.17, 15) is 4.79 Å². The van der Waals surface area contributed by atoms with Crippen molar-refractivity contribution in [3.8, 4) is 0 Å². The lowest BCUT2D eigenvalue weighted by molar-refractivity contribution is -0.142. The molecule has 0 amide bonds. The van der Waals surface area contributed by atoms with Crippen LogP contribution in [0.1, 0.15) is 11.1 Å². The molecule has 2 aromatic carbocycles. The Morgan fingerprint density at radius 3 is 2.18 bits per heavy atom. The van der Waals surface area contributed by atoms with Crippen molar-refractivity contribution in [2.75, 3.05) is 13.7 Å². The van der Waals surface area contributed by atoms with Crippen molar-refractivity contribution in [1.29, 1.82) is 0 Å². The molecule has 0 bridgehead atoms. The molecule has 1 atom stereocenters. The Hall–Kier alpha value is -2.62. The van der Waals surface area contributed by atoms with E-state index in [0.717, 1.165) is 5.56 Å². The van der Waals surface area contributed by atoms with E-state index >= 15 is 0 Å². The van der Waals surface area contributed by atoms with Gasteiger partial charge in [0.15, 0.2) is 6.04 Å². The van der Waals surface area contributed by atoms with Gasteiger partial charge in [0, 0.05) is 5.56 Å². The molecular formula is C18H19NO3. The lowest BCUT2D eigenvalue weighted by atomic mass is 10.2. The molecule has 2 aromatic rings. The van der Waals surface area contributed by atoms with Gasteiger partial charge in [0.1, 0.15) is 6.61 Å². The highest BCUT2D eigenvalue weighted by atomic mass is 16.5. The standard InChI is InChI=1S/C11H11NO3.C7H8/c1-14-11(13)9-7-15-10(12-9)8-5-3-2-4-6-8;1-7-5-3-2-4-6-7/h2-6,9H,7H2,1H3;2-6H,1H3. The maximum absolute atomic E-state index is 11.2. The molecule has 1 unspecified atom stereocenters. The Kier molecular flexibility index (Phi) is 5.72. The maximum Gasteiger partial charge on any atom is 0.334 e. The summed E-state index contributed by atoms with van der Waals surface area (Å²) in [5, 5.41) is 0. The summed E-state index contributed by atoms with van der Waals surface area (Å²) in [5.74, 6) is 0.145. The fourth-order valence-electron chi connectivity index (χ4n) is 1.90. The highest BCUT2D eigenvalue weighted by Gasteiger charge is 2.26. The molecule has 0 aromatic heterocycles. The molecule has 4 nitrogen and oxygen atoms in total. The van der Waals surface area contributed by atoms with E-state index in [0.29, 0.717) is 5.90 Å². The van der Waals surface area contributed by atoms with Crippen LogP contribution in [0.3, 0.4) is 0 Å². The molecule has 3 rings (SSSR count). The van der Waals surface area contributed by atoms with E-state index in [1.807, 2.05) is 48.5 Å². The third kappa shape index (κ3) is 4.45. The highest BCUT2D eigenvalue weighted by molar-refractivity contribution is 5.97. The van der Waals surface area contributed by atoms with Gasteiger partial charge in [-0.1, -0.05) is 54.1 Å². The molecule has 1 heterocycles. The van der Waals surface area contributed by atoms with Crippen molar-refractivity contribution < 1.29 is 14.3 Å². The molecule has 0 fully saturated rings. The predicted octanol–water partition coefficient (Wildman–Crippen LogP) is 3.00. The largest absolute Gasteiger partial charge is 0.475 e. The van der Waals surface area contributed by atoms with Crippen molar-refractivity contribution in [3.63, 3.8) is 0 Å². The molecule has 22 heavy (non-hydrogen) atoms. The fourth-order valence-corrected chi connectivity index (χ4v) is 1.90. The van der Waals surface area contributed by atoms with Crippen LogP contribution in [0.15, 0.2) is 65.7 Å². The maximum atomic E-state index is 11.2. The predicted molar refractivity (Wildman–Crippen MR) is 85.9 cm³/mol. The fraction of sp³-hybridized carbons (Fsp3) is 0.222. The van der Waals surface area contributed by atoms with Crippen molar-refractivity contribution in [1.82, 2.24) is 0 Å². The highest BCUT2D eigenvalue weighted by Crippen LogP contribution is 2.12. The second-order valence-corrected chi connectivity index (χ2v) is 4.80. The number of ether oxygens (including phenoxy) is 2. The van der Waals surface area contributed by atoms with E-state index in [1.165, 1.54) is 12.7 Å². The number of aliphatic imine (C=N–C) groups is 1. The van der Waals surface area contributed by atoms with Crippen LogP contribution < -0.4 is 0 Å². The molecule has 0 radical (unpaired) electrons. The summed E-state index contributed by atoms with van der Waals surface area (Å²) in [4.78, 5) is 15.3. The smallest absolute Gasteiger partial charge is 0.334 e. The lowest BCUT2D eigenvalue weighted by Gasteiger charge is -2.00. The molecule has 0 saturated carbocycles. The molecule has 4 heteroatoms. The van der Waals surface area contributed by atoms with Crippen molar-refractivity contribution >= 4 is 11.9 Å². The number of nitrogens with zero attached hydrogens (tertiary/aromatic N) is 1. The number of carbonyl (C=O) groups excluding carboxylic acids is 1. The zero-order valence-electron chi connectivity index (χ0n) is 12.7. The minimum absolute atomic E-state index is 0.261. The van der Waals surface area contributed by atoms with Gasteiger partial charge in [-0.05, 0) is 19.1 Å². The lowest BCUT2D eigenvalue weighted by Crippen LogP contribution is -2.21. The number of hydrogen-bond donors (Lipinski definition) is 0. The topological polar surface area (TPSA) is 47.9 Å². The Labute approximate surface area is 130 Å². The van der Waals surface area contributed by atoms with Crippen molar-refractivity contribution in [2.45, 2.75) is 13.0 Å². The van der Waals surface area contributed by atoms with E-state index in [2.05, 4.69) is 28.8 Å². The van der Waals surface area contributed by atoms with Gasteiger partial charge in [-0.15, -0.1) is 0 Å². The quantitative estimate of drug-likeness (QED) is 0.801. The summed E-state index contributed by atoms with van der Waals surface area (Å²) in [7, 11) is 1.35. The number of hydrogen-bond acceptors (Lipinski definition) is 4. The Bertz CT molecular complexity index is 623. The summed E-state index contributed by atoms with van der Waals surface area (Å²) >= 11 is 0. The van der Waals surface area contributed by atoms with Crippen LogP contribution >= 0.6 is 0 Å². The van der Waals surface area contributed by atoms with Gasteiger partial charge in [0.05, 0.1) is 7.11 Å². The first-order chi connectivity index (χ1) is 10.7. The van der Waals surface area contributed by atoms with E-state index in [4.69, 9.17) is 4.74 Å². The first-order valence-corrected chi connectivity index (χ1v) is 7.06. The zero-order valence-corrected chi connectivity index (χ0v) is 12.7. The number of benzene rings is 2. The average molecular weight is 297 g/mol. The molecule has 1 aliphatic heterocycles. The molecule has 0 N–H and O–H groups in total. The Balaban J connectivity index is 0.000000211. The van der Waals surface area contributed by atoms with Gasteiger partial charge >= 0.3 is 5.97 Å². The summed E-state index contributed by atoms with van der Waals surface area (Å²) in [5.41, 5.74) is 2.20. The molecule has 114 valence electrons. The second kappa shape index (κ2) is 7.98. The van der Waals surface area contributed by atoms with Crippen LogP contribution in [0.4, 0.5) is 0 Å². The van der Waals surface area contributed by atoms with Crippen LogP contribution in [-0.4, -0.2) is 31.6 Å². The molecule has 0 spiro atoms. The summed E-state index contributed by atoms with van der Waals surface area (Å²) in [6.07, 6.45) is 0. The Morgan fingerprint density at radius 1 is 1.09 bits per heavy atom. The second-order valence-electron chi connectivity index (χ2n) is 4.80. The molecule has 0 aliphatic carbocycles. The van der Waals surface area contributed by atoms with Crippen LogP contribution in [0.5, 0.6) is 0 Å². The first-order valence-electron chi connectivity index (χ1n) is 7.06. The molecular weight excluding hydrogens is 278 g/mol. The number of esters is 1. The van der Waals surface area contributed by atoms with E-state index in [-0.39, 0.29) is 12.6 Å². The summed E-state index contributed by atoms with van der Waals surface area (Å²) in [6.45, 7) is 2.34. The third-order valence-electron chi connectivity index (χ3n) is 3.09. The van der Waals surface area contributed by atoms with Crippen LogP contribution in [0, 0.1) is 6.92 Å². The summed E-state index contributed by atoms with van der Waals surface area (Å²) in [6, 6.07) is 19.2. The van der Waals surface area contributed by atoms with Crippen molar-refractivity contribution in [2.24, 2.45) is 4.99 Å². The van der Waals surface area contributed by atoms with Gasteiger partial charge in [0.25, 0.3) is 0 Å². The zero-order chi connectivity index (χ0) is 15.8. The summed E-state index contributed by atoms with van der Waals surface area (Å²) < 4.78 is 9.92. The third-order valence-corrected chi connectivity index (χ3v) is 3.09. The minimum atomic E-state index is -0.523. The molecule has 1 aliphatic rings. The van der Waals surface area contributed by atoms with Gasteiger partial charge in [-0.2, -0.15) is 0 Å². The number of carbonyl (C=O) groups is 1. The SMILES string of the molecule is COC(=O)C1COC(c2ccccc2)=N1.Cc1ccccc1. The van der Waals surface area contributed by atoms with Gasteiger partial charge < -0.3 is 9.47 Å². The molecule has 0 saturated heterocycles. The number of rotatable bonds is 2. The van der Waals surface area contributed by atoms with Gasteiger partial charge in [0.2, 0.25) is 5.90 Å². The van der Waals surface area contributed by atoms with E-state index < -0.39 is 6.04 Å². The normalized spacial score (nSPS) is 15.9. The van der Waals surface area contributed by atoms with Crippen LogP contribution in [0.25, 0.3) is 0 Å².